The van der Waals surface area contributed by atoms with Crippen LogP contribution in [-0.4, -0.2) is 58.7 Å². The van der Waals surface area contributed by atoms with E-state index in [9.17, 15) is 27.6 Å². The van der Waals surface area contributed by atoms with E-state index in [0.29, 0.717) is 53.9 Å². The molecule has 186 valence electrons. The second-order valence-corrected chi connectivity index (χ2v) is 11.7. The summed E-state index contributed by atoms with van der Waals surface area (Å²) in [4.78, 5) is 2.00. The Morgan fingerprint density at radius 3 is 2.60 bits per heavy atom. The van der Waals surface area contributed by atoms with Gasteiger partial charge in [-0.25, -0.2) is 17.2 Å². The molecule has 2 N–H and O–H groups in total. The van der Waals surface area contributed by atoms with Crippen molar-refractivity contribution in [3.8, 4) is 16.8 Å². The number of hydrogen-bond acceptors (Lipinski definition) is 9. The highest BCUT2D eigenvalue weighted by atomic mass is 32.2. The zero-order valence-corrected chi connectivity index (χ0v) is 20.4. The van der Waals surface area contributed by atoms with Crippen molar-refractivity contribution in [1.82, 2.24) is 24.7 Å². The van der Waals surface area contributed by atoms with Crippen LogP contribution in [-0.2, 0) is 17.1 Å². The van der Waals surface area contributed by atoms with Crippen LogP contribution in [0.15, 0.2) is 17.0 Å². The SMILES string of the molecule is Cn1nc(-c2nnc(C(F)F)s2)c2cc(S(=O)(=O)NC3(C#N)CC3)cc(N3CCC(CO)CC3)c21. The first kappa shape index (κ1) is 24.0. The molecule has 1 aliphatic heterocycles. The summed E-state index contributed by atoms with van der Waals surface area (Å²) in [5.74, 6) is 0.178. The zero-order valence-electron chi connectivity index (χ0n) is 18.8. The van der Waals surface area contributed by atoms with Crippen molar-refractivity contribution in [1.29, 1.82) is 5.26 Å². The van der Waals surface area contributed by atoms with Crippen molar-refractivity contribution in [3.05, 3.63) is 17.1 Å². The van der Waals surface area contributed by atoms with Gasteiger partial charge in [-0.3, -0.25) is 4.68 Å². The lowest BCUT2D eigenvalue weighted by atomic mass is 9.97. The number of rotatable bonds is 7. The third kappa shape index (κ3) is 4.37. The van der Waals surface area contributed by atoms with E-state index in [1.54, 1.807) is 17.8 Å². The number of aliphatic hydroxyl groups is 1. The van der Waals surface area contributed by atoms with Gasteiger partial charge in [0, 0.05) is 32.1 Å². The molecular weight excluding hydrogens is 500 g/mol. The lowest BCUT2D eigenvalue weighted by molar-refractivity contribution is 0.150. The molecule has 1 aromatic carbocycles. The number of fused-ring (bicyclic) bond motifs is 1. The molecule has 0 bridgehead atoms. The first-order valence-electron chi connectivity index (χ1n) is 11.1. The van der Waals surface area contributed by atoms with Crippen LogP contribution in [0.1, 0.15) is 37.1 Å². The fraction of sp³-hybridized carbons (Fsp3) is 0.524. The predicted molar refractivity (Wildman–Crippen MR) is 124 cm³/mol. The van der Waals surface area contributed by atoms with Crippen molar-refractivity contribution >= 4 is 38.0 Å². The van der Waals surface area contributed by atoms with Gasteiger partial charge in [-0.1, -0.05) is 11.3 Å². The molecule has 0 spiro atoms. The smallest absolute Gasteiger partial charge is 0.291 e. The molecule has 1 saturated carbocycles. The number of aryl methyl sites for hydroxylation is 1. The summed E-state index contributed by atoms with van der Waals surface area (Å²) in [5.41, 5.74) is 0.422. The Bertz CT molecular complexity index is 1420. The molecule has 2 aliphatic rings. The fourth-order valence-corrected chi connectivity index (χ4v) is 6.49. The number of hydrogen-bond donors (Lipinski definition) is 2. The summed E-state index contributed by atoms with van der Waals surface area (Å²) in [6, 6.07) is 5.04. The average molecular weight is 524 g/mol. The molecule has 14 heteroatoms. The molecule has 5 rings (SSSR count). The van der Waals surface area contributed by atoms with Crippen molar-refractivity contribution < 1.29 is 22.3 Å². The molecule has 1 aliphatic carbocycles. The minimum absolute atomic E-state index is 0.0429. The normalized spacial score (nSPS) is 18.3. The highest BCUT2D eigenvalue weighted by Gasteiger charge is 2.47. The minimum atomic E-state index is -4.06. The summed E-state index contributed by atoms with van der Waals surface area (Å²) in [5, 5.41) is 31.0. The predicted octanol–water partition coefficient (Wildman–Crippen LogP) is 2.57. The first-order chi connectivity index (χ1) is 16.7. The number of anilines is 1. The first-order valence-corrected chi connectivity index (χ1v) is 13.4. The number of nitriles is 1. The maximum Gasteiger partial charge on any atom is 0.291 e. The van der Waals surface area contributed by atoms with E-state index in [1.165, 1.54) is 6.07 Å². The van der Waals surface area contributed by atoms with Crippen LogP contribution in [0.25, 0.3) is 21.6 Å². The molecule has 0 atom stereocenters. The number of alkyl halides is 2. The Labute approximate surface area is 204 Å². The van der Waals surface area contributed by atoms with Crippen LogP contribution in [0, 0.1) is 17.2 Å². The van der Waals surface area contributed by atoms with Gasteiger partial charge in [-0.2, -0.15) is 15.1 Å². The van der Waals surface area contributed by atoms with Gasteiger partial charge in [-0.05, 0) is 43.7 Å². The van der Waals surface area contributed by atoms with Crippen LogP contribution in [0.3, 0.4) is 0 Å². The Balaban J connectivity index is 1.67. The number of aromatic nitrogens is 4. The topological polar surface area (TPSA) is 137 Å². The van der Waals surface area contributed by atoms with Crippen LogP contribution in [0.5, 0.6) is 0 Å². The van der Waals surface area contributed by atoms with E-state index in [1.807, 2.05) is 11.0 Å². The minimum Gasteiger partial charge on any atom is -0.396 e. The van der Waals surface area contributed by atoms with Gasteiger partial charge >= 0.3 is 0 Å². The molecule has 1 saturated heterocycles. The van der Waals surface area contributed by atoms with Gasteiger partial charge < -0.3 is 10.0 Å². The Morgan fingerprint density at radius 1 is 1.31 bits per heavy atom. The standard InChI is InChI=1S/C21H23F2N7O3S2/c1-29-17-14(16(27-29)19-25-26-20(34-19)18(22)23)8-13(35(32,33)28-21(11-24)4-5-21)9-15(17)30-6-2-12(10-31)3-7-30/h8-9,12,18,28,31H,2-7,10H2,1H3. The molecule has 2 aromatic heterocycles. The number of aliphatic hydroxyl groups excluding tert-OH is 1. The van der Waals surface area contributed by atoms with Gasteiger partial charge in [0.1, 0.15) is 11.2 Å². The van der Waals surface area contributed by atoms with E-state index in [4.69, 9.17) is 0 Å². The summed E-state index contributed by atoms with van der Waals surface area (Å²) in [7, 11) is -2.36. The maximum absolute atomic E-state index is 13.3. The van der Waals surface area contributed by atoms with E-state index in [-0.39, 0.29) is 28.1 Å². The summed E-state index contributed by atoms with van der Waals surface area (Å²) in [6.07, 6.45) is -0.425. The van der Waals surface area contributed by atoms with Crippen molar-refractivity contribution in [2.24, 2.45) is 13.0 Å². The Morgan fingerprint density at radius 2 is 2.03 bits per heavy atom. The van der Waals surface area contributed by atoms with Gasteiger partial charge in [0.2, 0.25) is 10.0 Å². The van der Waals surface area contributed by atoms with Crippen LogP contribution in [0.4, 0.5) is 14.5 Å². The van der Waals surface area contributed by atoms with Crippen LogP contribution < -0.4 is 9.62 Å². The van der Waals surface area contributed by atoms with E-state index >= 15 is 0 Å². The van der Waals surface area contributed by atoms with Crippen LogP contribution in [0.2, 0.25) is 0 Å². The largest absolute Gasteiger partial charge is 0.396 e. The molecule has 2 fully saturated rings. The molecule has 3 heterocycles. The Kier molecular flexibility index (Phi) is 5.99. The maximum atomic E-state index is 13.3. The van der Waals surface area contributed by atoms with Gasteiger partial charge in [0.15, 0.2) is 10.0 Å². The third-order valence-corrected chi connectivity index (χ3v) is 8.99. The third-order valence-electron chi connectivity index (χ3n) is 6.54. The molecular formula is C21H23F2N7O3S2. The zero-order chi connectivity index (χ0) is 25.0. The molecule has 10 nitrogen and oxygen atoms in total. The van der Waals surface area contributed by atoms with E-state index < -0.39 is 27.0 Å². The van der Waals surface area contributed by atoms with Crippen molar-refractivity contribution in [2.75, 3.05) is 24.6 Å². The number of benzene rings is 1. The number of sulfonamides is 1. The number of nitrogens with zero attached hydrogens (tertiary/aromatic N) is 6. The summed E-state index contributed by atoms with van der Waals surface area (Å²) < 4.78 is 57.0. The van der Waals surface area contributed by atoms with Gasteiger partial charge in [-0.15, -0.1) is 10.2 Å². The number of piperidine rings is 1. The van der Waals surface area contributed by atoms with Crippen LogP contribution >= 0.6 is 11.3 Å². The van der Waals surface area contributed by atoms with Crippen molar-refractivity contribution in [3.63, 3.8) is 0 Å². The second-order valence-electron chi connectivity index (χ2n) is 8.97. The highest BCUT2D eigenvalue weighted by molar-refractivity contribution is 7.89. The average Bonchev–Trinajstić information content (AvgIpc) is 3.27. The Hall–Kier alpha value is -2.73. The molecule has 0 unspecified atom stereocenters. The monoisotopic (exact) mass is 523 g/mol. The second kappa shape index (κ2) is 8.74. The highest BCUT2D eigenvalue weighted by Crippen LogP contribution is 2.41. The lowest BCUT2D eigenvalue weighted by Gasteiger charge is -2.33. The molecule has 3 aromatic rings. The molecule has 0 radical (unpaired) electrons. The van der Waals surface area contributed by atoms with E-state index in [2.05, 4.69) is 20.0 Å². The number of nitrogens with one attached hydrogen (secondary N) is 1. The van der Waals surface area contributed by atoms with E-state index in [0.717, 1.165) is 12.8 Å². The van der Waals surface area contributed by atoms with Gasteiger partial charge in [0.05, 0.1) is 22.2 Å². The number of halogens is 2. The fourth-order valence-electron chi connectivity index (χ4n) is 4.37. The summed E-state index contributed by atoms with van der Waals surface area (Å²) >= 11 is 0.706. The lowest BCUT2D eigenvalue weighted by Crippen LogP contribution is -2.36. The molecule has 0 amide bonds. The molecule has 35 heavy (non-hydrogen) atoms. The quantitative estimate of drug-likeness (QED) is 0.482. The van der Waals surface area contributed by atoms with Gasteiger partial charge in [0.25, 0.3) is 6.43 Å². The van der Waals surface area contributed by atoms with Crippen molar-refractivity contribution in [2.45, 2.75) is 42.5 Å². The summed E-state index contributed by atoms with van der Waals surface area (Å²) in [6.45, 7) is 1.31.